The van der Waals surface area contributed by atoms with Crippen LogP contribution in [0.1, 0.15) is 20.3 Å². The first-order chi connectivity index (χ1) is 4.75. The molecule has 1 heterocycles. The van der Waals surface area contributed by atoms with Crippen LogP contribution in [0, 0.1) is 0 Å². The Morgan fingerprint density at radius 1 is 1.70 bits per heavy atom. The van der Waals surface area contributed by atoms with Crippen molar-refractivity contribution in [1.82, 2.24) is 10.3 Å². The van der Waals surface area contributed by atoms with Crippen molar-refractivity contribution in [3.8, 4) is 0 Å². The number of rotatable bonds is 1. The predicted octanol–water partition coefficient (Wildman–Crippen LogP) is 0.632. The molecule has 0 unspecified atom stereocenters. The molecule has 0 aromatic rings. The highest BCUT2D eigenvalue weighted by molar-refractivity contribution is 5.55. The smallest absolute Gasteiger partial charge is 0.111 e. The number of likely N-dealkylation sites (N-methyl/N-ethyl adjacent to an activating group) is 1. The number of hydrogen-bond acceptors (Lipinski definition) is 3. The second-order valence-electron chi connectivity index (χ2n) is 2.79. The van der Waals surface area contributed by atoms with Gasteiger partial charge in [-0.25, -0.2) is 0 Å². The summed E-state index contributed by atoms with van der Waals surface area (Å²) >= 11 is 0. The van der Waals surface area contributed by atoms with Gasteiger partial charge in [0.15, 0.2) is 0 Å². The maximum atomic E-state index is 4.01. The van der Waals surface area contributed by atoms with Gasteiger partial charge in [0.05, 0.1) is 6.04 Å². The van der Waals surface area contributed by atoms with Crippen LogP contribution in [0.5, 0.6) is 0 Å². The van der Waals surface area contributed by atoms with Crippen LogP contribution in [0.2, 0.25) is 0 Å². The van der Waals surface area contributed by atoms with Crippen molar-refractivity contribution in [2.75, 3.05) is 7.05 Å². The topological polar surface area (TPSA) is 27.6 Å². The van der Waals surface area contributed by atoms with E-state index in [9.17, 15) is 0 Å². The summed E-state index contributed by atoms with van der Waals surface area (Å²) in [4.78, 5) is 2.13. The van der Waals surface area contributed by atoms with E-state index in [2.05, 4.69) is 36.3 Å². The van der Waals surface area contributed by atoms with Crippen LogP contribution in [0.3, 0.4) is 0 Å². The van der Waals surface area contributed by atoms with Crippen LogP contribution < -0.4 is 5.43 Å². The van der Waals surface area contributed by atoms with E-state index >= 15 is 0 Å². The van der Waals surface area contributed by atoms with Crippen LogP contribution in [-0.4, -0.2) is 30.4 Å². The Bertz CT molecular complexity index is 133. The Morgan fingerprint density at radius 2 is 2.40 bits per heavy atom. The lowest BCUT2D eigenvalue weighted by Crippen LogP contribution is -2.48. The van der Waals surface area contributed by atoms with Gasteiger partial charge in [-0.05, 0) is 13.3 Å². The molecule has 3 heteroatoms. The molecular weight excluding hydrogens is 126 g/mol. The summed E-state index contributed by atoms with van der Waals surface area (Å²) in [5.74, 6) is 0. The highest BCUT2D eigenvalue weighted by atomic mass is 15.4. The molecule has 0 bridgehead atoms. The summed E-state index contributed by atoms with van der Waals surface area (Å²) in [6, 6.07) is 1.07. The van der Waals surface area contributed by atoms with Gasteiger partial charge in [0, 0.05) is 13.1 Å². The number of nitrogens with zero attached hydrogens (tertiary/aromatic N) is 2. The molecule has 0 spiro atoms. The highest BCUT2D eigenvalue weighted by Gasteiger charge is 2.19. The minimum absolute atomic E-state index is 0.509. The Hall–Kier alpha value is -0.730. The summed E-state index contributed by atoms with van der Waals surface area (Å²) in [5, 5.41) is 4.01. The minimum Gasteiger partial charge on any atom is -0.359 e. The quantitative estimate of drug-likeness (QED) is 0.580. The number of nitrogens with one attached hydrogen (secondary N) is 1. The third kappa shape index (κ3) is 1.23. The predicted molar refractivity (Wildman–Crippen MR) is 42.9 cm³/mol. The molecule has 58 valence electrons. The van der Waals surface area contributed by atoms with Crippen LogP contribution in [0.25, 0.3) is 0 Å². The van der Waals surface area contributed by atoms with Gasteiger partial charge in [-0.2, -0.15) is 5.10 Å². The Labute approximate surface area is 62.1 Å². The Kier molecular flexibility index (Phi) is 2.14. The Balaban J connectivity index is 2.56. The van der Waals surface area contributed by atoms with Crippen molar-refractivity contribution in [2.24, 2.45) is 5.10 Å². The van der Waals surface area contributed by atoms with Crippen molar-refractivity contribution in [2.45, 2.75) is 32.4 Å². The first-order valence-corrected chi connectivity index (χ1v) is 3.76. The second-order valence-corrected chi connectivity index (χ2v) is 2.79. The van der Waals surface area contributed by atoms with Gasteiger partial charge in [0.25, 0.3) is 0 Å². The molecule has 2 atom stereocenters. The average molecular weight is 141 g/mol. The summed E-state index contributed by atoms with van der Waals surface area (Å²) < 4.78 is 0. The molecule has 1 aliphatic rings. The van der Waals surface area contributed by atoms with E-state index in [1.807, 2.05) is 6.34 Å². The van der Waals surface area contributed by atoms with E-state index in [0.29, 0.717) is 12.1 Å². The van der Waals surface area contributed by atoms with E-state index in [-0.39, 0.29) is 0 Å². The first kappa shape index (κ1) is 7.38. The first-order valence-electron chi connectivity index (χ1n) is 3.76. The number of hydrogen-bond donors (Lipinski definition) is 1. The van der Waals surface area contributed by atoms with Crippen molar-refractivity contribution >= 4 is 6.34 Å². The molecule has 0 aromatic heterocycles. The van der Waals surface area contributed by atoms with Gasteiger partial charge >= 0.3 is 0 Å². The Morgan fingerprint density at radius 3 is 2.90 bits per heavy atom. The standard InChI is InChI=1S/C7H15N3/c1-4-7-6(2)10(3)5-8-9-7/h5-7,9H,4H2,1-3H3/t6-,7+/m1/s1. The molecule has 3 nitrogen and oxygen atoms in total. The van der Waals surface area contributed by atoms with Gasteiger partial charge in [-0.1, -0.05) is 6.92 Å². The van der Waals surface area contributed by atoms with Gasteiger partial charge in [0.2, 0.25) is 0 Å². The van der Waals surface area contributed by atoms with Crippen molar-refractivity contribution < 1.29 is 0 Å². The molecular formula is C7H15N3. The molecule has 0 saturated carbocycles. The maximum absolute atomic E-state index is 4.01. The summed E-state index contributed by atoms with van der Waals surface area (Å²) in [6.07, 6.45) is 2.96. The fourth-order valence-corrected chi connectivity index (χ4v) is 1.15. The van der Waals surface area contributed by atoms with Crippen LogP contribution >= 0.6 is 0 Å². The molecule has 0 radical (unpaired) electrons. The molecule has 0 fully saturated rings. The van der Waals surface area contributed by atoms with Gasteiger partial charge in [-0.3, -0.25) is 0 Å². The largest absolute Gasteiger partial charge is 0.359 e. The van der Waals surface area contributed by atoms with Crippen molar-refractivity contribution in [1.29, 1.82) is 0 Å². The van der Waals surface area contributed by atoms with Crippen LogP contribution in [0.4, 0.5) is 0 Å². The second kappa shape index (κ2) is 2.90. The zero-order valence-electron chi connectivity index (χ0n) is 6.83. The lowest BCUT2D eigenvalue weighted by Gasteiger charge is -2.33. The van der Waals surface area contributed by atoms with Crippen LogP contribution in [-0.2, 0) is 0 Å². The molecule has 0 aliphatic carbocycles. The van der Waals surface area contributed by atoms with E-state index in [1.54, 1.807) is 0 Å². The molecule has 1 aliphatic heterocycles. The van der Waals surface area contributed by atoms with Crippen molar-refractivity contribution in [3.63, 3.8) is 0 Å². The van der Waals surface area contributed by atoms with E-state index in [1.165, 1.54) is 0 Å². The summed E-state index contributed by atoms with van der Waals surface area (Å²) in [7, 11) is 2.05. The van der Waals surface area contributed by atoms with Crippen molar-refractivity contribution in [3.05, 3.63) is 0 Å². The monoisotopic (exact) mass is 141 g/mol. The average Bonchev–Trinajstić information content (AvgIpc) is 1.95. The molecule has 1 N–H and O–H groups in total. The third-order valence-electron chi connectivity index (χ3n) is 2.14. The maximum Gasteiger partial charge on any atom is 0.111 e. The van der Waals surface area contributed by atoms with E-state index in [4.69, 9.17) is 0 Å². The third-order valence-corrected chi connectivity index (χ3v) is 2.14. The molecule has 0 aromatic carbocycles. The fraction of sp³-hybridized carbons (Fsp3) is 0.857. The van der Waals surface area contributed by atoms with Gasteiger partial charge in [-0.15, -0.1) is 0 Å². The summed E-state index contributed by atoms with van der Waals surface area (Å²) in [5.41, 5.74) is 3.08. The lowest BCUT2D eigenvalue weighted by atomic mass is 10.1. The summed E-state index contributed by atoms with van der Waals surface area (Å²) in [6.45, 7) is 4.37. The SMILES string of the molecule is CC[C@@H]1NN=CN(C)[C@@H]1C. The molecule has 0 amide bonds. The van der Waals surface area contributed by atoms with Gasteiger partial charge in [0.1, 0.15) is 6.34 Å². The number of hydrazone groups is 1. The van der Waals surface area contributed by atoms with Gasteiger partial charge < -0.3 is 10.3 Å². The highest BCUT2D eigenvalue weighted by Crippen LogP contribution is 2.06. The fourth-order valence-electron chi connectivity index (χ4n) is 1.15. The lowest BCUT2D eigenvalue weighted by molar-refractivity contribution is 0.275. The van der Waals surface area contributed by atoms with E-state index in [0.717, 1.165) is 6.42 Å². The molecule has 10 heavy (non-hydrogen) atoms. The molecule has 0 saturated heterocycles. The minimum atomic E-state index is 0.509. The molecule has 1 rings (SSSR count). The van der Waals surface area contributed by atoms with E-state index < -0.39 is 0 Å². The zero-order chi connectivity index (χ0) is 7.56. The zero-order valence-corrected chi connectivity index (χ0v) is 6.83. The van der Waals surface area contributed by atoms with Crippen LogP contribution in [0.15, 0.2) is 5.10 Å². The normalized spacial score (nSPS) is 32.1.